The van der Waals surface area contributed by atoms with Crippen LogP contribution in [0.1, 0.15) is 37.0 Å². The van der Waals surface area contributed by atoms with E-state index in [0.29, 0.717) is 11.6 Å². The molecule has 1 aromatic rings. The van der Waals surface area contributed by atoms with E-state index in [4.69, 9.17) is 11.6 Å². The lowest BCUT2D eigenvalue weighted by Gasteiger charge is -2.29. The van der Waals surface area contributed by atoms with Crippen molar-refractivity contribution in [1.82, 2.24) is 5.32 Å². The SMILES string of the molecule is CCC(CC)(CBr)CNC(=O)c1cc(Cl)ccc1[N+](=O)[O-]. The molecule has 0 aliphatic rings. The Morgan fingerprint density at radius 1 is 1.43 bits per heavy atom. The van der Waals surface area contributed by atoms with Crippen molar-refractivity contribution in [3.63, 3.8) is 0 Å². The highest BCUT2D eigenvalue weighted by Crippen LogP contribution is 2.28. The van der Waals surface area contributed by atoms with Crippen molar-refractivity contribution < 1.29 is 9.72 Å². The molecule has 21 heavy (non-hydrogen) atoms. The number of nitrogens with zero attached hydrogens (tertiary/aromatic N) is 1. The number of halogens is 2. The van der Waals surface area contributed by atoms with E-state index in [9.17, 15) is 14.9 Å². The monoisotopic (exact) mass is 376 g/mol. The van der Waals surface area contributed by atoms with E-state index in [0.717, 1.165) is 18.2 Å². The molecule has 0 radical (unpaired) electrons. The van der Waals surface area contributed by atoms with Crippen LogP contribution in [0, 0.1) is 15.5 Å². The van der Waals surface area contributed by atoms with Gasteiger partial charge in [-0.1, -0.05) is 41.4 Å². The maximum absolute atomic E-state index is 12.2. The number of alkyl halides is 1. The molecule has 1 rings (SSSR count). The third-order valence-corrected chi connectivity index (χ3v) is 5.23. The number of rotatable bonds is 7. The molecule has 0 unspecified atom stereocenters. The molecule has 1 amide bonds. The minimum Gasteiger partial charge on any atom is -0.351 e. The summed E-state index contributed by atoms with van der Waals surface area (Å²) in [6.07, 6.45) is 1.79. The van der Waals surface area contributed by atoms with Gasteiger partial charge in [0.1, 0.15) is 5.56 Å². The second-order valence-electron chi connectivity index (χ2n) is 4.94. The van der Waals surface area contributed by atoms with Gasteiger partial charge in [-0.25, -0.2) is 0 Å². The zero-order chi connectivity index (χ0) is 16.0. The van der Waals surface area contributed by atoms with Crippen LogP contribution in [-0.4, -0.2) is 22.7 Å². The smallest absolute Gasteiger partial charge is 0.282 e. The van der Waals surface area contributed by atoms with Gasteiger partial charge in [-0.15, -0.1) is 0 Å². The normalized spacial score (nSPS) is 11.2. The van der Waals surface area contributed by atoms with E-state index in [1.807, 2.05) is 0 Å². The molecule has 0 bridgehead atoms. The second-order valence-corrected chi connectivity index (χ2v) is 5.94. The maximum Gasteiger partial charge on any atom is 0.282 e. The van der Waals surface area contributed by atoms with E-state index < -0.39 is 10.8 Å². The molecule has 0 saturated heterocycles. The molecule has 1 N–H and O–H groups in total. The summed E-state index contributed by atoms with van der Waals surface area (Å²) in [5.41, 5.74) is -0.305. The molecule has 0 atom stereocenters. The van der Waals surface area contributed by atoms with Gasteiger partial charge in [-0.3, -0.25) is 14.9 Å². The number of nitrogens with one attached hydrogen (secondary N) is 1. The molecule has 0 fully saturated rings. The van der Waals surface area contributed by atoms with E-state index in [2.05, 4.69) is 35.1 Å². The summed E-state index contributed by atoms with van der Waals surface area (Å²) in [4.78, 5) is 22.6. The Morgan fingerprint density at radius 3 is 2.52 bits per heavy atom. The zero-order valence-electron chi connectivity index (χ0n) is 12.0. The summed E-state index contributed by atoms with van der Waals surface area (Å²) in [6.45, 7) is 4.56. The minimum atomic E-state index is -0.581. The molecule has 0 aliphatic carbocycles. The van der Waals surface area contributed by atoms with Crippen LogP contribution < -0.4 is 5.32 Å². The van der Waals surface area contributed by atoms with Gasteiger partial charge < -0.3 is 5.32 Å². The molecule has 7 heteroatoms. The maximum atomic E-state index is 12.2. The zero-order valence-corrected chi connectivity index (χ0v) is 14.3. The highest BCUT2D eigenvalue weighted by Gasteiger charge is 2.27. The number of amides is 1. The number of hydrogen-bond acceptors (Lipinski definition) is 3. The Morgan fingerprint density at radius 2 is 2.05 bits per heavy atom. The quantitative estimate of drug-likeness (QED) is 0.440. The number of carbonyl (C=O) groups excluding carboxylic acids is 1. The predicted molar refractivity (Wildman–Crippen MR) is 87.2 cm³/mol. The van der Waals surface area contributed by atoms with Crippen molar-refractivity contribution in [2.24, 2.45) is 5.41 Å². The molecule has 0 saturated carbocycles. The van der Waals surface area contributed by atoms with Crippen LogP contribution >= 0.6 is 27.5 Å². The molecule has 1 aromatic carbocycles. The highest BCUT2D eigenvalue weighted by atomic mass is 79.9. The van der Waals surface area contributed by atoms with E-state index in [1.54, 1.807) is 0 Å². The summed E-state index contributed by atoms with van der Waals surface area (Å²) < 4.78 is 0. The van der Waals surface area contributed by atoms with Crippen molar-refractivity contribution in [1.29, 1.82) is 0 Å². The molecule has 116 valence electrons. The molecular weight excluding hydrogens is 360 g/mol. The number of nitro groups is 1. The Bertz CT molecular complexity index is 525. The van der Waals surface area contributed by atoms with Crippen molar-refractivity contribution in [3.8, 4) is 0 Å². The molecule has 5 nitrogen and oxygen atoms in total. The lowest BCUT2D eigenvalue weighted by molar-refractivity contribution is -0.385. The van der Waals surface area contributed by atoms with Crippen LogP contribution in [0.25, 0.3) is 0 Å². The first-order valence-electron chi connectivity index (χ1n) is 6.67. The third kappa shape index (κ3) is 4.41. The van der Waals surface area contributed by atoms with Gasteiger partial charge in [-0.05, 0) is 30.4 Å². The van der Waals surface area contributed by atoms with Crippen molar-refractivity contribution in [2.45, 2.75) is 26.7 Å². The third-order valence-electron chi connectivity index (χ3n) is 3.81. The second kappa shape index (κ2) is 7.75. The topological polar surface area (TPSA) is 72.2 Å². The fraction of sp³-hybridized carbons (Fsp3) is 0.500. The largest absolute Gasteiger partial charge is 0.351 e. The summed E-state index contributed by atoms with van der Waals surface area (Å²) in [6, 6.07) is 3.97. The van der Waals surface area contributed by atoms with Gasteiger partial charge in [0.2, 0.25) is 0 Å². The molecule has 0 spiro atoms. The first kappa shape index (κ1) is 17.9. The number of hydrogen-bond donors (Lipinski definition) is 1. The summed E-state index contributed by atoms with van der Waals surface area (Å²) in [7, 11) is 0. The summed E-state index contributed by atoms with van der Waals surface area (Å²) in [5, 5.41) is 14.8. The molecule has 0 heterocycles. The Hall–Kier alpha value is -1.14. The fourth-order valence-electron chi connectivity index (χ4n) is 1.95. The highest BCUT2D eigenvalue weighted by molar-refractivity contribution is 9.09. The van der Waals surface area contributed by atoms with Crippen LogP contribution in [0.2, 0.25) is 5.02 Å². The summed E-state index contributed by atoms with van der Waals surface area (Å²) >= 11 is 9.30. The molecule has 0 aromatic heterocycles. The van der Waals surface area contributed by atoms with Crippen molar-refractivity contribution >= 4 is 39.1 Å². The van der Waals surface area contributed by atoms with E-state index in [1.165, 1.54) is 18.2 Å². The Balaban J connectivity index is 2.95. The van der Waals surface area contributed by atoms with Crippen LogP contribution in [0.15, 0.2) is 18.2 Å². The first-order chi connectivity index (χ1) is 9.89. The van der Waals surface area contributed by atoms with Gasteiger partial charge in [0.25, 0.3) is 11.6 Å². The molecular formula is C14H18BrClN2O3. The Kier molecular flexibility index (Phi) is 6.61. The molecule has 0 aliphatic heterocycles. The van der Waals surface area contributed by atoms with E-state index in [-0.39, 0.29) is 16.7 Å². The average Bonchev–Trinajstić information content (AvgIpc) is 2.48. The number of nitro benzene ring substituents is 1. The minimum absolute atomic E-state index is 0.0109. The van der Waals surface area contributed by atoms with Crippen molar-refractivity contribution in [2.75, 3.05) is 11.9 Å². The first-order valence-corrected chi connectivity index (χ1v) is 8.17. The van der Waals surface area contributed by atoms with Gasteiger partial charge in [0.05, 0.1) is 4.92 Å². The van der Waals surface area contributed by atoms with Gasteiger partial charge in [0, 0.05) is 23.0 Å². The average molecular weight is 378 g/mol. The van der Waals surface area contributed by atoms with Gasteiger partial charge in [-0.2, -0.15) is 0 Å². The van der Waals surface area contributed by atoms with Crippen LogP contribution in [0.5, 0.6) is 0 Å². The predicted octanol–water partition coefficient (Wildman–Crippen LogP) is 4.18. The fourth-order valence-corrected chi connectivity index (χ4v) is 3.11. The van der Waals surface area contributed by atoms with Gasteiger partial charge in [0.15, 0.2) is 0 Å². The van der Waals surface area contributed by atoms with Crippen LogP contribution in [0.4, 0.5) is 5.69 Å². The lowest BCUT2D eigenvalue weighted by atomic mass is 9.84. The van der Waals surface area contributed by atoms with E-state index >= 15 is 0 Å². The lowest BCUT2D eigenvalue weighted by Crippen LogP contribution is -2.38. The van der Waals surface area contributed by atoms with Crippen molar-refractivity contribution in [3.05, 3.63) is 38.9 Å². The van der Waals surface area contributed by atoms with Crippen LogP contribution in [0.3, 0.4) is 0 Å². The van der Waals surface area contributed by atoms with Crippen LogP contribution in [-0.2, 0) is 0 Å². The number of carbonyl (C=O) groups is 1. The Labute approximate surface area is 137 Å². The number of benzene rings is 1. The van der Waals surface area contributed by atoms with Gasteiger partial charge >= 0.3 is 0 Å². The standard InChI is InChI=1S/C14H18BrClN2O3/c1-3-14(4-2,8-15)9-17-13(19)11-7-10(16)5-6-12(11)18(20)21/h5-7H,3-4,8-9H2,1-2H3,(H,17,19). The summed E-state index contributed by atoms with van der Waals surface area (Å²) in [5.74, 6) is -0.476.